The molecule has 0 aromatic carbocycles. The fraction of sp³-hybridized carbons (Fsp3) is 0.667. The molecule has 2 aliphatic rings. The normalized spacial score (nSPS) is 32.4. The molecule has 4 nitrogen and oxygen atoms in total. The summed E-state index contributed by atoms with van der Waals surface area (Å²) in [6.45, 7) is -0.198. The van der Waals surface area contributed by atoms with Gasteiger partial charge < -0.3 is 10.4 Å². The van der Waals surface area contributed by atoms with Crippen LogP contribution in [0.3, 0.4) is 0 Å². The summed E-state index contributed by atoms with van der Waals surface area (Å²) in [5, 5.41) is 18.1. The summed E-state index contributed by atoms with van der Waals surface area (Å²) in [5.41, 5.74) is -0.181. The number of aliphatic hydroxyl groups excluding tert-OH is 1. The Morgan fingerprint density at radius 1 is 1.58 bits per heavy atom. The number of rotatable bonds is 0. The molecule has 0 bridgehead atoms. The first kappa shape index (κ1) is 7.75. The fourth-order valence-electron chi connectivity index (χ4n) is 1.29. The summed E-state index contributed by atoms with van der Waals surface area (Å²) in [5.74, 6) is -2.99. The number of alkyl halides is 2. The van der Waals surface area contributed by atoms with E-state index in [1.807, 2.05) is 0 Å². The van der Waals surface area contributed by atoms with E-state index in [4.69, 9.17) is 5.11 Å². The lowest BCUT2D eigenvalue weighted by molar-refractivity contribution is 0.0336. The van der Waals surface area contributed by atoms with Crippen molar-refractivity contribution >= 4 is 0 Å². The highest BCUT2D eigenvalue weighted by atomic mass is 19.3. The number of hydrogen-bond donors (Lipinski definition) is 2. The maximum Gasteiger partial charge on any atom is 0.303 e. The Balaban J connectivity index is 2.41. The highest BCUT2D eigenvalue weighted by molar-refractivity contribution is 5.30. The van der Waals surface area contributed by atoms with E-state index in [1.165, 1.54) is 0 Å². The van der Waals surface area contributed by atoms with E-state index in [9.17, 15) is 8.78 Å². The standard InChI is InChI=1S/C6H7F2N3O/c7-6(8)2-9-1-3-4(6)10-11-5(3)12/h5,9,12H,1-2H2/t5-/m1/s1. The minimum atomic E-state index is -2.99. The molecule has 0 unspecified atom stereocenters. The lowest BCUT2D eigenvalue weighted by Gasteiger charge is -2.23. The number of halogens is 2. The Labute approximate surface area is 67.0 Å². The van der Waals surface area contributed by atoms with Gasteiger partial charge in [0.2, 0.25) is 0 Å². The number of hydrogen-bond acceptors (Lipinski definition) is 4. The smallest absolute Gasteiger partial charge is 0.303 e. The van der Waals surface area contributed by atoms with Crippen molar-refractivity contribution in [2.24, 2.45) is 10.2 Å². The van der Waals surface area contributed by atoms with Crippen LogP contribution in [0.25, 0.3) is 0 Å². The zero-order valence-corrected chi connectivity index (χ0v) is 6.09. The Kier molecular flexibility index (Phi) is 1.49. The van der Waals surface area contributed by atoms with Crippen LogP contribution in [-0.4, -0.2) is 30.3 Å². The molecule has 2 N–H and O–H groups in total. The average Bonchev–Trinajstić information content (AvgIpc) is 2.33. The molecule has 2 heterocycles. The van der Waals surface area contributed by atoms with E-state index in [-0.39, 0.29) is 17.8 Å². The Hall–Kier alpha value is -0.880. The van der Waals surface area contributed by atoms with Crippen LogP contribution in [-0.2, 0) is 0 Å². The van der Waals surface area contributed by atoms with Crippen molar-refractivity contribution in [1.29, 1.82) is 0 Å². The van der Waals surface area contributed by atoms with E-state index >= 15 is 0 Å². The molecule has 12 heavy (non-hydrogen) atoms. The van der Waals surface area contributed by atoms with Crippen LogP contribution < -0.4 is 5.32 Å². The summed E-state index contributed by atoms with van der Waals surface area (Å²) < 4.78 is 25.9. The van der Waals surface area contributed by atoms with E-state index in [2.05, 4.69) is 15.5 Å². The van der Waals surface area contributed by atoms with Gasteiger partial charge in [0.15, 0.2) is 6.23 Å². The predicted molar refractivity (Wildman–Crippen MR) is 35.7 cm³/mol. The van der Waals surface area contributed by atoms with Crippen LogP contribution in [0, 0.1) is 0 Å². The molecule has 0 saturated carbocycles. The molecular formula is C6H7F2N3O. The molecule has 0 fully saturated rings. The molecule has 0 aliphatic carbocycles. The van der Waals surface area contributed by atoms with Crippen LogP contribution in [0.15, 0.2) is 21.5 Å². The van der Waals surface area contributed by atoms with Crippen molar-refractivity contribution in [3.05, 3.63) is 11.3 Å². The summed E-state index contributed by atoms with van der Waals surface area (Å²) in [7, 11) is 0. The van der Waals surface area contributed by atoms with Crippen molar-refractivity contribution in [1.82, 2.24) is 5.32 Å². The van der Waals surface area contributed by atoms with Crippen molar-refractivity contribution in [2.45, 2.75) is 12.2 Å². The monoisotopic (exact) mass is 175 g/mol. The second-order valence-corrected chi connectivity index (χ2v) is 2.77. The van der Waals surface area contributed by atoms with Gasteiger partial charge in [0.25, 0.3) is 0 Å². The van der Waals surface area contributed by atoms with E-state index in [0.717, 1.165) is 0 Å². The predicted octanol–water partition coefficient (Wildman–Crippen LogP) is 0.263. The third-order valence-corrected chi connectivity index (χ3v) is 1.89. The fourth-order valence-corrected chi connectivity index (χ4v) is 1.29. The molecule has 0 saturated heterocycles. The largest absolute Gasteiger partial charge is 0.367 e. The van der Waals surface area contributed by atoms with Crippen LogP contribution >= 0.6 is 0 Å². The van der Waals surface area contributed by atoms with Gasteiger partial charge in [-0.05, 0) is 0 Å². The average molecular weight is 175 g/mol. The summed E-state index contributed by atoms with van der Waals surface area (Å²) in [4.78, 5) is 0. The minimum absolute atomic E-state index is 0.186. The highest BCUT2D eigenvalue weighted by Gasteiger charge is 2.43. The molecule has 6 heteroatoms. The van der Waals surface area contributed by atoms with E-state index < -0.39 is 18.7 Å². The zero-order chi connectivity index (χ0) is 8.77. The van der Waals surface area contributed by atoms with Crippen LogP contribution in [0.1, 0.15) is 0 Å². The van der Waals surface area contributed by atoms with Gasteiger partial charge in [0.05, 0.1) is 6.54 Å². The molecule has 0 spiro atoms. The molecule has 0 aromatic rings. The second-order valence-electron chi connectivity index (χ2n) is 2.77. The summed E-state index contributed by atoms with van der Waals surface area (Å²) >= 11 is 0. The molecule has 0 amide bonds. The van der Waals surface area contributed by atoms with E-state index in [0.29, 0.717) is 0 Å². The maximum atomic E-state index is 12.9. The molecule has 1 atom stereocenters. The lowest BCUT2D eigenvalue weighted by Crippen LogP contribution is -2.41. The molecule has 2 rings (SSSR count). The van der Waals surface area contributed by atoms with Gasteiger partial charge in [-0.15, -0.1) is 0 Å². The van der Waals surface area contributed by atoms with Crippen LogP contribution in [0.2, 0.25) is 0 Å². The Morgan fingerprint density at radius 3 is 3.00 bits per heavy atom. The quantitative estimate of drug-likeness (QED) is 0.555. The van der Waals surface area contributed by atoms with Gasteiger partial charge in [0, 0.05) is 12.1 Å². The lowest BCUT2D eigenvalue weighted by atomic mass is 10.1. The highest BCUT2D eigenvalue weighted by Crippen LogP contribution is 2.35. The molecule has 2 aliphatic heterocycles. The number of nitrogens with one attached hydrogen (secondary N) is 1. The summed E-state index contributed by atoms with van der Waals surface area (Å²) in [6.07, 6.45) is -1.18. The van der Waals surface area contributed by atoms with Crippen molar-refractivity contribution < 1.29 is 13.9 Å². The minimum Gasteiger partial charge on any atom is -0.367 e. The number of nitrogens with zero attached hydrogens (tertiary/aromatic N) is 2. The topological polar surface area (TPSA) is 57.0 Å². The third kappa shape index (κ3) is 0.953. The van der Waals surface area contributed by atoms with Gasteiger partial charge >= 0.3 is 5.92 Å². The second kappa shape index (κ2) is 2.30. The molecular weight excluding hydrogens is 168 g/mol. The van der Waals surface area contributed by atoms with Crippen molar-refractivity contribution in [3.63, 3.8) is 0 Å². The molecule has 66 valence electrons. The van der Waals surface area contributed by atoms with Gasteiger partial charge in [-0.1, -0.05) is 0 Å². The van der Waals surface area contributed by atoms with Crippen molar-refractivity contribution in [2.75, 3.05) is 13.1 Å². The van der Waals surface area contributed by atoms with Crippen LogP contribution in [0.5, 0.6) is 0 Å². The first-order chi connectivity index (χ1) is 5.61. The number of azo groups is 1. The Morgan fingerprint density at radius 2 is 2.33 bits per heavy atom. The molecule has 0 aromatic heterocycles. The van der Waals surface area contributed by atoms with Gasteiger partial charge in [-0.3, -0.25) is 0 Å². The van der Waals surface area contributed by atoms with Crippen LogP contribution in [0.4, 0.5) is 8.78 Å². The first-order valence-electron chi connectivity index (χ1n) is 3.52. The number of aliphatic hydroxyl groups is 1. The van der Waals surface area contributed by atoms with E-state index in [1.54, 1.807) is 0 Å². The van der Waals surface area contributed by atoms with Gasteiger partial charge in [-0.25, -0.2) is 0 Å². The zero-order valence-electron chi connectivity index (χ0n) is 6.09. The van der Waals surface area contributed by atoms with Gasteiger partial charge in [0.1, 0.15) is 5.70 Å². The SMILES string of the molecule is O[C@H]1N=NC2=C1CNCC2(F)F. The third-order valence-electron chi connectivity index (χ3n) is 1.89. The Bertz CT molecular complexity index is 274. The first-order valence-corrected chi connectivity index (χ1v) is 3.52. The maximum absolute atomic E-state index is 12.9. The molecule has 0 radical (unpaired) electrons. The van der Waals surface area contributed by atoms with Gasteiger partial charge in [-0.2, -0.15) is 19.0 Å². The van der Waals surface area contributed by atoms with Crippen molar-refractivity contribution in [3.8, 4) is 0 Å². The summed E-state index contributed by atoms with van der Waals surface area (Å²) in [6, 6.07) is 0.